The number of aliphatic hydroxyl groups excluding tert-OH is 1. The van der Waals surface area contributed by atoms with Crippen LogP contribution in [0.3, 0.4) is 0 Å². The van der Waals surface area contributed by atoms with Gasteiger partial charge in [0.2, 0.25) is 0 Å². The first-order valence-electron chi connectivity index (χ1n) is 9.00. The minimum Gasteiger partial charge on any atom is -0.493 e. The molecule has 5 heteroatoms. The summed E-state index contributed by atoms with van der Waals surface area (Å²) in [5.41, 5.74) is 1.14. The Morgan fingerprint density at radius 1 is 1.04 bits per heavy atom. The van der Waals surface area contributed by atoms with E-state index in [-0.39, 0.29) is 0 Å². The molecule has 1 saturated carbocycles. The third kappa shape index (κ3) is 5.13. The summed E-state index contributed by atoms with van der Waals surface area (Å²) in [5, 5.41) is 10.4. The Balaban J connectivity index is 1.57. The van der Waals surface area contributed by atoms with Crippen LogP contribution in [0.15, 0.2) is 48.5 Å². The summed E-state index contributed by atoms with van der Waals surface area (Å²) in [4.78, 5) is 2.32. The van der Waals surface area contributed by atoms with Gasteiger partial charge >= 0.3 is 0 Å². The second-order valence-electron chi connectivity index (χ2n) is 6.63. The molecule has 0 aromatic heterocycles. The van der Waals surface area contributed by atoms with Crippen molar-refractivity contribution in [1.82, 2.24) is 4.90 Å². The van der Waals surface area contributed by atoms with E-state index in [1.165, 1.54) is 12.8 Å². The molecule has 5 nitrogen and oxygen atoms in total. The quantitative estimate of drug-likeness (QED) is 0.708. The summed E-state index contributed by atoms with van der Waals surface area (Å²) in [5.74, 6) is 2.24. The van der Waals surface area contributed by atoms with Crippen molar-refractivity contribution in [3.05, 3.63) is 54.1 Å². The SMILES string of the molecule is COc1ccc(CN(C[C@H](O)COc2ccccc2)C2CC2)cc1OC. The molecule has 1 aliphatic carbocycles. The number of nitrogens with zero attached hydrogens (tertiary/aromatic N) is 1. The number of hydrogen-bond donors (Lipinski definition) is 1. The van der Waals surface area contributed by atoms with Crippen LogP contribution in [0.5, 0.6) is 17.2 Å². The van der Waals surface area contributed by atoms with Crippen LogP contribution in [0.25, 0.3) is 0 Å². The van der Waals surface area contributed by atoms with E-state index in [1.54, 1.807) is 14.2 Å². The fourth-order valence-corrected chi connectivity index (χ4v) is 3.03. The largest absolute Gasteiger partial charge is 0.493 e. The summed E-state index contributed by atoms with van der Waals surface area (Å²) in [6.07, 6.45) is 1.83. The van der Waals surface area contributed by atoms with Crippen molar-refractivity contribution in [2.45, 2.75) is 31.5 Å². The predicted molar refractivity (Wildman–Crippen MR) is 101 cm³/mol. The topological polar surface area (TPSA) is 51.2 Å². The Labute approximate surface area is 155 Å². The van der Waals surface area contributed by atoms with Crippen molar-refractivity contribution in [3.8, 4) is 17.2 Å². The summed E-state index contributed by atoms with van der Waals surface area (Å²) in [7, 11) is 3.28. The van der Waals surface area contributed by atoms with Crippen molar-refractivity contribution in [3.63, 3.8) is 0 Å². The van der Waals surface area contributed by atoms with E-state index >= 15 is 0 Å². The van der Waals surface area contributed by atoms with Crippen LogP contribution < -0.4 is 14.2 Å². The zero-order valence-corrected chi connectivity index (χ0v) is 15.4. The fraction of sp³-hybridized carbons (Fsp3) is 0.429. The maximum Gasteiger partial charge on any atom is 0.161 e. The summed E-state index contributed by atoms with van der Waals surface area (Å²) >= 11 is 0. The minimum atomic E-state index is -0.532. The second kappa shape index (κ2) is 8.92. The van der Waals surface area contributed by atoms with Gasteiger partial charge in [0.25, 0.3) is 0 Å². The second-order valence-corrected chi connectivity index (χ2v) is 6.63. The lowest BCUT2D eigenvalue weighted by Gasteiger charge is -2.25. The van der Waals surface area contributed by atoms with E-state index in [0.717, 1.165) is 29.4 Å². The van der Waals surface area contributed by atoms with Gasteiger partial charge in [-0.05, 0) is 42.7 Å². The van der Waals surface area contributed by atoms with Crippen LogP contribution in [0.2, 0.25) is 0 Å². The number of rotatable bonds is 10. The van der Waals surface area contributed by atoms with E-state index in [0.29, 0.717) is 19.2 Å². The maximum absolute atomic E-state index is 10.4. The number of hydrogen-bond acceptors (Lipinski definition) is 5. The third-order valence-electron chi connectivity index (χ3n) is 4.53. The molecule has 1 aliphatic rings. The van der Waals surface area contributed by atoms with Gasteiger partial charge in [0, 0.05) is 19.1 Å². The molecule has 26 heavy (non-hydrogen) atoms. The molecule has 0 amide bonds. The van der Waals surface area contributed by atoms with Gasteiger partial charge in [-0.2, -0.15) is 0 Å². The molecule has 0 heterocycles. The molecule has 140 valence electrons. The molecule has 1 fully saturated rings. The monoisotopic (exact) mass is 357 g/mol. The lowest BCUT2D eigenvalue weighted by Crippen LogP contribution is -2.36. The van der Waals surface area contributed by atoms with Crippen molar-refractivity contribution in [2.24, 2.45) is 0 Å². The van der Waals surface area contributed by atoms with Gasteiger partial charge in [-0.3, -0.25) is 4.90 Å². The zero-order valence-electron chi connectivity index (χ0n) is 15.4. The molecule has 2 aromatic carbocycles. The average Bonchev–Trinajstić information content (AvgIpc) is 3.52. The first kappa shape index (κ1) is 18.5. The Morgan fingerprint density at radius 3 is 2.42 bits per heavy atom. The van der Waals surface area contributed by atoms with Crippen molar-refractivity contribution < 1.29 is 19.3 Å². The lowest BCUT2D eigenvalue weighted by atomic mass is 10.1. The van der Waals surface area contributed by atoms with Gasteiger partial charge in [0.1, 0.15) is 18.5 Å². The predicted octanol–water partition coefficient (Wildman–Crippen LogP) is 3.11. The standard InChI is InChI=1S/C21H27NO4/c1-24-20-11-8-16(12-21(20)25-2)13-22(17-9-10-17)14-18(23)15-26-19-6-4-3-5-7-19/h3-8,11-12,17-18,23H,9-10,13-15H2,1-2H3/t18-/m0/s1. The highest BCUT2D eigenvalue weighted by Gasteiger charge is 2.30. The molecule has 0 bridgehead atoms. The average molecular weight is 357 g/mol. The molecule has 0 saturated heterocycles. The highest BCUT2D eigenvalue weighted by molar-refractivity contribution is 5.42. The third-order valence-corrected chi connectivity index (χ3v) is 4.53. The molecule has 1 N–H and O–H groups in total. The van der Waals surface area contributed by atoms with Crippen LogP contribution in [-0.4, -0.2) is 49.5 Å². The van der Waals surface area contributed by atoms with Gasteiger partial charge < -0.3 is 19.3 Å². The van der Waals surface area contributed by atoms with Crippen LogP contribution in [-0.2, 0) is 6.54 Å². The van der Waals surface area contributed by atoms with Gasteiger partial charge in [-0.25, -0.2) is 0 Å². The molecular weight excluding hydrogens is 330 g/mol. The van der Waals surface area contributed by atoms with Gasteiger partial charge in [0.15, 0.2) is 11.5 Å². The van der Waals surface area contributed by atoms with E-state index in [9.17, 15) is 5.11 Å². The molecule has 1 atom stereocenters. The highest BCUT2D eigenvalue weighted by atomic mass is 16.5. The highest BCUT2D eigenvalue weighted by Crippen LogP contribution is 2.31. The Morgan fingerprint density at radius 2 is 1.77 bits per heavy atom. The van der Waals surface area contributed by atoms with E-state index in [4.69, 9.17) is 14.2 Å². The van der Waals surface area contributed by atoms with Gasteiger partial charge in [-0.1, -0.05) is 24.3 Å². The molecule has 0 unspecified atom stereocenters. The van der Waals surface area contributed by atoms with Crippen molar-refractivity contribution >= 4 is 0 Å². The molecule has 0 radical (unpaired) electrons. The van der Waals surface area contributed by atoms with Crippen LogP contribution in [0.1, 0.15) is 18.4 Å². The van der Waals surface area contributed by atoms with Gasteiger partial charge in [-0.15, -0.1) is 0 Å². The fourth-order valence-electron chi connectivity index (χ4n) is 3.03. The molecular formula is C21H27NO4. The Bertz CT molecular complexity index is 688. The number of ether oxygens (including phenoxy) is 3. The molecule has 0 aliphatic heterocycles. The normalized spacial score (nSPS) is 14.9. The van der Waals surface area contributed by atoms with E-state index in [1.807, 2.05) is 48.5 Å². The smallest absolute Gasteiger partial charge is 0.161 e. The number of methoxy groups -OCH3 is 2. The lowest BCUT2D eigenvalue weighted by molar-refractivity contribution is 0.0626. The minimum absolute atomic E-state index is 0.291. The molecule has 3 rings (SSSR count). The summed E-state index contributed by atoms with van der Waals surface area (Å²) < 4.78 is 16.4. The van der Waals surface area contributed by atoms with Crippen LogP contribution >= 0.6 is 0 Å². The van der Waals surface area contributed by atoms with E-state index in [2.05, 4.69) is 4.90 Å². The van der Waals surface area contributed by atoms with Crippen LogP contribution in [0.4, 0.5) is 0 Å². The van der Waals surface area contributed by atoms with Crippen LogP contribution in [0, 0.1) is 0 Å². The van der Waals surface area contributed by atoms with Crippen molar-refractivity contribution in [2.75, 3.05) is 27.4 Å². The van der Waals surface area contributed by atoms with E-state index < -0.39 is 6.10 Å². The number of para-hydroxylation sites is 1. The Hall–Kier alpha value is -2.24. The number of benzene rings is 2. The summed E-state index contributed by atoms with van der Waals surface area (Å²) in [6.45, 7) is 1.65. The number of aliphatic hydroxyl groups is 1. The van der Waals surface area contributed by atoms with Crippen molar-refractivity contribution in [1.29, 1.82) is 0 Å². The first-order valence-corrected chi connectivity index (χ1v) is 9.00. The maximum atomic E-state index is 10.4. The molecule has 0 spiro atoms. The summed E-state index contributed by atoms with van der Waals surface area (Å²) in [6, 6.07) is 16.1. The Kier molecular flexibility index (Phi) is 6.36. The van der Waals surface area contributed by atoms with Gasteiger partial charge in [0.05, 0.1) is 14.2 Å². The first-order chi connectivity index (χ1) is 12.7. The molecule has 2 aromatic rings. The zero-order chi connectivity index (χ0) is 18.4.